The van der Waals surface area contributed by atoms with E-state index in [0.717, 1.165) is 66.7 Å². The maximum absolute atomic E-state index is 12.9. The Hall–Kier alpha value is -2.76. The molecule has 0 fully saturated rings. The van der Waals surface area contributed by atoms with Crippen molar-refractivity contribution in [3.8, 4) is 5.75 Å². The molecule has 1 aromatic carbocycles. The molecule has 2 heterocycles. The first-order chi connectivity index (χ1) is 13.2. The third kappa shape index (κ3) is 2.71. The Morgan fingerprint density at radius 3 is 2.93 bits per heavy atom. The second kappa shape index (κ2) is 6.44. The normalized spacial score (nSPS) is 18.8. The number of rotatable bonds is 3. The monoisotopic (exact) mass is 364 g/mol. The van der Waals surface area contributed by atoms with E-state index >= 15 is 0 Å². The van der Waals surface area contributed by atoms with Crippen molar-refractivity contribution in [1.82, 2.24) is 20.5 Å². The van der Waals surface area contributed by atoms with Gasteiger partial charge < -0.3 is 15.0 Å². The minimum atomic E-state index is -0.0662. The van der Waals surface area contributed by atoms with E-state index in [2.05, 4.69) is 32.6 Å². The number of amides is 1. The van der Waals surface area contributed by atoms with Crippen molar-refractivity contribution < 1.29 is 9.53 Å². The Kier molecular flexibility index (Phi) is 3.92. The molecule has 6 nitrogen and oxygen atoms in total. The molecule has 3 aromatic rings. The molecule has 5 rings (SSSR count). The van der Waals surface area contributed by atoms with Crippen LogP contribution in [0.15, 0.2) is 18.2 Å². The van der Waals surface area contributed by atoms with Crippen LogP contribution in [0.2, 0.25) is 0 Å². The summed E-state index contributed by atoms with van der Waals surface area (Å²) in [5.74, 6) is 0.794. The Balaban J connectivity index is 1.46. The molecule has 1 amide bonds. The van der Waals surface area contributed by atoms with E-state index < -0.39 is 0 Å². The van der Waals surface area contributed by atoms with Crippen LogP contribution in [0, 0.1) is 0 Å². The van der Waals surface area contributed by atoms with Gasteiger partial charge in [-0.2, -0.15) is 5.10 Å². The molecule has 140 valence electrons. The molecule has 0 bridgehead atoms. The number of fused-ring (bicyclic) bond motifs is 4. The van der Waals surface area contributed by atoms with Crippen molar-refractivity contribution >= 4 is 16.8 Å². The van der Waals surface area contributed by atoms with E-state index in [1.54, 1.807) is 7.11 Å². The van der Waals surface area contributed by atoms with Crippen LogP contribution >= 0.6 is 0 Å². The number of aromatic amines is 2. The van der Waals surface area contributed by atoms with E-state index in [1.807, 2.05) is 6.07 Å². The summed E-state index contributed by atoms with van der Waals surface area (Å²) in [5.41, 5.74) is 6.34. The molecule has 6 heteroatoms. The zero-order chi connectivity index (χ0) is 18.4. The number of benzene rings is 1. The zero-order valence-electron chi connectivity index (χ0n) is 15.5. The van der Waals surface area contributed by atoms with Gasteiger partial charge in [-0.25, -0.2) is 0 Å². The highest BCUT2D eigenvalue weighted by molar-refractivity contribution is 5.94. The quantitative estimate of drug-likeness (QED) is 0.664. The second-order valence-corrected chi connectivity index (χ2v) is 7.58. The van der Waals surface area contributed by atoms with Gasteiger partial charge in [-0.3, -0.25) is 9.89 Å². The average Bonchev–Trinajstić information content (AvgIpc) is 3.29. The number of nitrogens with one attached hydrogen (secondary N) is 3. The number of ether oxygens (including phenoxy) is 1. The highest BCUT2D eigenvalue weighted by Crippen LogP contribution is 2.36. The van der Waals surface area contributed by atoms with Gasteiger partial charge in [-0.1, -0.05) is 0 Å². The molecule has 2 aromatic heterocycles. The number of aromatic nitrogens is 3. The fourth-order valence-electron chi connectivity index (χ4n) is 4.61. The van der Waals surface area contributed by atoms with Crippen LogP contribution in [-0.2, 0) is 19.3 Å². The van der Waals surface area contributed by atoms with Gasteiger partial charge in [0.15, 0.2) is 5.69 Å². The summed E-state index contributed by atoms with van der Waals surface area (Å²) >= 11 is 0. The Morgan fingerprint density at radius 1 is 1.19 bits per heavy atom. The van der Waals surface area contributed by atoms with Crippen LogP contribution < -0.4 is 10.1 Å². The summed E-state index contributed by atoms with van der Waals surface area (Å²) in [5, 5.41) is 11.8. The van der Waals surface area contributed by atoms with Crippen molar-refractivity contribution in [3.63, 3.8) is 0 Å². The molecule has 0 saturated heterocycles. The molecular formula is C21H24N4O2. The summed E-state index contributed by atoms with van der Waals surface area (Å²) in [4.78, 5) is 16.5. The highest BCUT2D eigenvalue weighted by Gasteiger charge is 2.28. The van der Waals surface area contributed by atoms with Crippen molar-refractivity contribution in [3.05, 3.63) is 46.4 Å². The van der Waals surface area contributed by atoms with Gasteiger partial charge in [0.25, 0.3) is 5.91 Å². The second-order valence-electron chi connectivity index (χ2n) is 7.58. The maximum atomic E-state index is 12.9. The average molecular weight is 364 g/mol. The van der Waals surface area contributed by atoms with Crippen molar-refractivity contribution in [2.45, 2.75) is 51.0 Å². The van der Waals surface area contributed by atoms with Crippen LogP contribution in [0.5, 0.6) is 5.75 Å². The van der Waals surface area contributed by atoms with Crippen LogP contribution in [-0.4, -0.2) is 28.2 Å². The largest absolute Gasteiger partial charge is 0.497 e. The Labute approximate surface area is 157 Å². The molecule has 27 heavy (non-hydrogen) atoms. The molecule has 2 aliphatic rings. The molecule has 0 spiro atoms. The molecule has 2 aliphatic carbocycles. The zero-order valence-corrected chi connectivity index (χ0v) is 15.5. The fourth-order valence-corrected chi connectivity index (χ4v) is 4.61. The highest BCUT2D eigenvalue weighted by atomic mass is 16.5. The van der Waals surface area contributed by atoms with E-state index in [9.17, 15) is 4.79 Å². The lowest BCUT2D eigenvalue weighted by Gasteiger charge is -2.24. The summed E-state index contributed by atoms with van der Waals surface area (Å²) in [6.07, 6.45) is 7.25. The third-order valence-electron chi connectivity index (χ3n) is 5.99. The van der Waals surface area contributed by atoms with Gasteiger partial charge in [0.1, 0.15) is 5.75 Å². The van der Waals surface area contributed by atoms with Gasteiger partial charge in [0.2, 0.25) is 0 Å². The SMILES string of the molecule is COc1ccc2[nH]c3c(c2c1)CCCC3NC(=O)c1n[nH]c2c1CCCC2. The summed E-state index contributed by atoms with van der Waals surface area (Å²) in [7, 11) is 1.69. The number of methoxy groups -OCH3 is 1. The minimum Gasteiger partial charge on any atom is -0.497 e. The molecule has 1 atom stereocenters. The van der Waals surface area contributed by atoms with Crippen LogP contribution in [0.25, 0.3) is 10.9 Å². The Bertz CT molecular complexity index is 1020. The van der Waals surface area contributed by atoms with Crippen LogP contribution in [0.3, 0.4) is 0 Å². The first-order valence-corrected chi connectivity index (χ1v) is 9.80. The molecule has 0 saturated carbocycles. The van der Waals surface area contributed by atoms with Crippen LogP contribution in [0.4, 0.5) is 0 Å². The van der Waals surface area contributed by atoms with Crippen molar-refractivity contribution in [2.24, 2.45) is 0 Å². The molecule has 3 N–H and O–H groups in total. The van der Waals surface area contributed by atoms with Gasteiger partial charge in [0.05, 0.1) is 13.2 Å². The van der Waals surface area contributed by atoms with Gasteiger partial charge in [-0.05, 0) is 68.7 Å². The number of carbonyl (C=O) groups is 1. The Morgan fingerprint density at radius 2 is 2.04 bits per heavy atom. The first-order valence-electron chi connectivity index (χ1n) is 9.80. The lowest BCUT2D eigenvalue weighted by Crippen LogP contribution is -2.32. The van der Waals surface area contributed by atoms with E-state index in [4.69, 9.17) is 4.74 Å². The number of hydrogen-bond acceptors (Lipinski definition) is 3. The smallest absolute Gasteiger partial charge is 0.272 e. The number of aryl methyl sites for hydroxylation is 2. The number of nitrogens with zero attached hydrogens (tertiary/aromatic N) is 1. The van der Waals surface area contributed by atoms with E-state index in [-0.39, 0.29) is 11.9 Å². The topological polar surface area (TPSA) is 82.8 Å². The van der Waals surface area contributed by atoms with Gasteiger partial charge in [0, 0.05) is 27.9 Å². The summed E-state index contributed by atoms with van der Waals surface area (Å²) in [6.45, 7) is 0. The minimum absolute atomic E-state index is 0.00409. The molecular weight excluding hydrogens is 340 g/mol. The molecule has 0 radical (unpaired) electrons. The summed E-state index contributed by atoms with van der Waals surface area (Å²) in [6, 6.07) is 6.10. The van der Waals surface area contributed by atoms with E-state index in [1.165, 1.54) is 17.4 Å². The third-order valence-corrected chi connectivity index (χ3v) is 5.99. The maximum Gasteiger partial charge on any atom is 0.272 e. The predicted octanol–water partition coefficient (Wildman–Crippen LogP) is 3.59. The first kappa shape index (κ1) is 16.4. The predicted molar refractivity (Wildman–Crippen MR) is 103 cm³/mol. The van der Waals surface area contributed by atoms with Crippen LogP contribution in [0.1, 0.15) is 64.7 Å². The number of H-pyrrole nitrogens is 2. The number of carbonyl (C=O) groups excluding carboxylic acids is 1. The van der Waals surface area contributed by atoms with Gasteiger partial charge in [-0.15, -0.1) is 0 Å². The summed E-state index contributed by atoms with van der Waals surface area (Å²) < 4.78 is 5.38. The van der Waals surface area contributed by atoms with Gasteiger partial charge >= 0.3 is 0 Å². The fraction of sp³-hybridized carbons (Fsp3) is 0.429. The van der Waals surface area contributed by atoms with E-state index in [0.29, 0.717) is 5.69 Å². The van der Waals surface area contributed by atoms with Crippen molar-refractivity contribution in [2.75, 3.05) is 7.11 Å². The number of hydrogen-bond donors (Lipinski definition) is 3. The van der Waals surface area contributed by atoms with Crippen molar-refractivity contribution in [1.29, 1.82) is 0 Å². The lowest BCUT2D eigenvalue weighted by atomic mass is 9.91. The molecule has 0 aliphatic heterocycles. The molecule has 1 unspecified atom stereocenters. The standard InChI is InChI=1S/C21H24N4O2/c1-27-12-9-10-16-15(11-12)13-6-4-8-18(19(13)22-16)23-21(26)20-14-5-2-3-7-17(14)24-25-20/h9-11,18,22H,2-8H2,1H3,(H,23,26)(H,24,25). The lowest BCUT2D eigenvalue weighted by molar-refractivity contribution is 0.0925.